The SMILES string of the molecule is CC(C)N1CCN(c2ccc(C(=O)O)cc2)CC1.Cl. The molecule has 1 aliphatic rings. The van der Waals surface area contributed by atoms with Crippen molar-refractivity contribution in [2.45, 2.75) is 19.9 Å². The second kappa shape index (κ2) is 6.78. The number of rotatable bonds is 3. The fraction of sp³-hybridized carbons (Fsp3) is 0.500. The molecule has 0 radical (unpaired) electrons. The second-order valence-corrected chi connectivity index (χ2v) is 4.97. The summed E-state index contributed by atoms with van der Waals surface area (Å²) >= 11 is 0. The van der Waals surface area contributed by atoms with Crippen molar-refractivity contribution in [2.75, 3.05) is 31.1 Å². The zero-order chi connectivity index (χ0) is 13.1. The highest BCUT2D eigenvalue weighted by atomic mass is 35.5. The molecule has 0 bridgehead atoms. The maximum absolute atomic E-state index is 10.8. The van der Waals surface area contributed by atoms with Gasteiger partial charge < -0.3 is 10.0 Å². The number of anilines is 1. The molecule has 4 nitrogen and oxygen atoms in total. The highest BCUT2D eigenvalue weighted by molar-refractivity contribution is 5.88. The zero-order valence-corrected chi connectivity index (χ0v) is 12.2. The summed E-state index contributed by atoms with van der Waals surface area (Å²) in [5.41, 5.74) is 1.46. The number of piperazine rings is 1. The monoisotopic (exact) mass is 284 g/mol. The van der Waals surface area contributed by atoms with E-state index in [4.69, 9.17) is 5.11 Å². The minimum atomic E-state index is -0.869. The lowest BCUT2D eigenvalue weighted by Gasteiger charge is -2.38. The van der Waals surface area contributed by atoms with Crippen LogP contribution in [0.5, 0.6) is 0 Å². The summed E-state index contributed by atoms with van der Waals surface area (Å²) in [6, 6.07) is 7.74. The molecular weight excluding hydrogens is 264 g/mol. The van der Waals surface area contributed by atoms with Crippen LogP contribution in [0.1, 0.15) is 24.2 Å². The molecule has 1 fully saturated rings. The summed E-state index contributed by atoms with van der Waals surface area (Å²) in [5.74, 6) is -0.869. The van der Waals surface area contributed by atoms with Crippen molar-refractivity contribution in [1.29, 1.82) is 0 Å². The highest BCUT2D eigenvalue weighted by Crippen LogP contribution is 2.18. The molecule has 1 aliphatic heterocycles. The van der Waals surface area contributed by atoms with Crippen molar-refractivity contribution in [2.24, 2.45) is 0 Å². The van der Waals surface area contributed by atoms with E-state index in [1.54, 1.807) is 12.1 Å². The standard InChI is InChI=1S/C14H20N2O2.ClH/c1-11(2)15-7-9-16(10-8-15)13-5-3-12(4-6-13)14(17)18;/h3-6,11H,7-10H2,1-2H3,(H,17,18);1H. The zero-order valence-electron chi connectivity index (χ0n) is 11.4. The van der Waals surface area contributed by atoms with Crippen molar-refractivity contribution in [3.8, 4) is 0 Å². The number of carbonyl (C=O) groups is 1. The van der Waals surface area contributed by atoms with E-state index in [1.165, 1.54) is 0 Å². The number of halogens is 1. The largest absolute Gasteiger partial charge is 0.478 e. The van der Waals surface area contributed by atoms with Gasteiger partial charge in [-0.2, -0.15) is 0 Å². The topological polar surface area (TPSA) is 43.8 Å². The normalized spacial score (nSPS) is 16.3. The number of nitrogens with zero attached hydrogens (tertiary/aromatic N) is 2. The Kier molecular flexibility index (Phi) is 5.63. The Labute approximate surface area is 120 Å². The molecule has 1 aromatic carbocycles. The molecule has 0 aromatic heterocycles. The van der Waals surface area contributed by atoms with E-state index in [0.29, 0.717) is 11.6 Å². The van der Waals surface area contributed by atoms with Gasteiger partial charge in [0.05, 0.1) is 5.56 Å². The van der Waals surface area contributed by atoms with Gasteiger partial charge in [0.25, 0.3) is 0 Å². The number of hydrogen-bond acceptors (Lipinski definition) is 3. The molecule has 19 heavy (non-hydrogen) atoms. The summed E-state index contributed by atoms with van der Waals surface area (Å²) < 4.78 is 0. The van der Waals surface area contributed by atoms with Gasteiger partial charge in [-0.25, -0.2) is 4.79 Å². The van der Waals surface area contributed by atoms with E-state index < -0.39 is 5.97 Å². The molecule has 1 aromatic rings. The molecule has 106 valence electrons. The van der Waals surface area contributed by atoms with Crippen molar-refractivity contribution in [3.05, 3.63) is 29.8 Å². The Balaban J connectivity index is 0.00000180. The van der Waals surface area contributed by atoms with Crippen molar-refractivity contribution >= 4 is 24.1 Å². The Hall–Kier alpha value is -1.26. The summed E-state index contributed by atoms with van der Waals surface area (Å²) in [6.45, 7) is 8.58. The predicted octanol–water partition coefficient (Wildman–Crippen LogP) is 2.34. The molecule has 1 saturated heterocycles. The van der Waals surface area contributed by atoms with E-state index in [1.807, 2.05) is 12.1 Å². The van der Waals surface area contributed by atoms with Crippen molar-refractivity contribution in [1.82, 2.24) is 4.90 Å². The molecular formula is C14H21ClN2O2. The molecule has 0 saturated carbocycles. The van der Waals surface area contributed by atoms with Crippen LogP contribution in [0.25, 0.3) is 0 Å². The molecule has 1 heterocycles. The predicted molar refractivity (Wildman–Crippen MR) is 79.6 cm³/mol. The smallest absolute Gasteiger partial charge is 0.335 e. The van der Waals surface area contributed by atoms with Crippen LogP contribution < -0.4 is 4.90 Å². The number of hydrogen-bond donors (Lipinski definition) is 1. The van der Waals surface area contributed by atoms with Gasteiger partial charge in [0.1, 0.15) is 0 Å². The van der Waals surface area contributed by atoms with Crippen LogP contribution in [0.4, 0.5) is 5.69 Å². The average Bonchev–Trinajstić information content (AvgIpc) is 2.39. The molecule has 0 aliphatic carbocycles. The van der Waals surface area contributed by atoms with E-state index in [-0.39, 0.29) is 12.4 Å². The first-order chi connectivity index (χ1) is 8.58. The van der Waals surface area contributed by atoms with Crippen molar-refractivity contribution < 1.29 is 9.90 Å². The van der Waals surface area contributed by atoms with E-state index >= 15 is 0 Å². The number of carboxylic acids is 1. The molecule has 2 rings (SSSR count). The maximum Gasteiger partial charge on any atom is 0.335 e. The molecule has 5 heteroatoms. The molecule has 1 N–H and O–H groups in total. The van der Waals surface area contributed by atoms with Crippen molar-refractivity contribution in [3.63, 3.8) is 0 Å². The summed E-state index contributed by atoms with van der Waals surface area (Å²) in [7, 11) is 0. The van der Waals surface area contributed by atoms with Gasteiger partial charge in [-0.3, -0.25) is 4.90 Å². The fourth-order valence-corrected chi connectivity index (χ4v) is 2.31. The summed E-state index contributed by atoms with van der Waals surface area (Å²) in [6.07, 6.45) is 0. The van der Waals surface area contributed by atoms with Gasteiger partial charge in [0.15, 0.2) is 0 Å². The van der Waals surface area contributed by atoms with Crippen LogP contribution in [0.3, 0.4) is 0 Å². The van der Waals surface area contributed by atoms with Crippen LogP contribution in [-0.2, 0) is 0 Å². The highest BCUT2D eigenvalue weighted by Gasteiger charge is 2.18. The Morgan fingerprint density at radius 3 is 2.05 bits per heavy atom. The number of aromatic carboxylic acids is 1. The van der Waals surface area contributed by atoms with Gasteiger partial charge in [0, 0.05) is 37.9 Å². The third kappa shape index (κ3) is 3.85. The molecule has 0 amide bonds. The Bertz CT molecular complexity index is 412. The first kappa shape index (κ1) is 15.8. The quantitative estimate of drug-likeness (QED) is 0.925. The lowest BCUT2D eigenvalue weighted by molar-refractivity contribution is 0.0697. The first-order valence-corrected chi connectivity index (χ1v) is 6.40. The van der Waals surface area contributed by atoms with E-state index in [2.05, 4.69) is 23.6 Å². The lowest BCUT2D eigenvalue weighted by atomic mass is 10.1. The third-order valence-corrected chi connectivity index (χ3v) is 3.52. The number of benzene rings is 1. The van der Waals surface area contributed by atoms with Gasteiger partial charge in [-0.05, 0) is 38.1 Å². The van der Waals surface area contributed by atoms with Gasteiger partial charge in [-0.15, -0.1) is 12.4 Å². The average molecular weight is 285 g/mol. The van der Waals surface area contributed by atoms with E-state index in [0.717, 1.165) is 31.9 Å². The Morgan fingerprint density at radius 1 is 1.11 bits per heavy atom. The van der Waals surface area contributed by atoms with Gasteiger partial charge in [0.2, 0.25) is 0 Å². The number of carboxylic acid groups (broad SMARTS) is 1. The Morgan fingerprint density at radius 2 is 1.63 bits per heavy atom. The van der Waals surface area contributed by atoms with E-state index in [9.17, 15) is 4.79 Å². The minimum Gasteiger partial charge on any atom is -0.478 e. The lowest BCUT2D eigenvalue weighted by Crippen LogP contribution is -2.48. The summed E-state index contributed by atoms with van der Waals surface area (Å²) in [4.78, 5) is 15.6. The maximum atomic E-state index is 10.8. The fourth-order valence-electron chi connectivity index (χ4n) is 2.31. The van der Waals surface area contributed by atoms with Crippen LogP contribution in [-0.4, -0.2) is 48.2 Å². The first-order valence-electron chi connectivity index (χ1n) is 6.40. The van der Waals surface area contributed by atoms with Crippen LogP contribution in [0.15, 0.2) is 24.3 Å². The molecule has 0 atom stereocenters. The second-order valence-electron chi connectivity index (χ2n) is 4.97. The molecule has 0 unspecified atom stereocenters. The minimum absolute atomic E-state index is 0. The van der Waals surface area contributed by atoms with Crippen LogP contribution >= 0.6 is 12.4 Å². The van der Waals surface area contributed by atoms with Crippen LogP contribution in [0, 0.1) is 0 Å². The van der Waals surface area contributed by atoms with Gasteiger partial charge >= 0.3 is 5.97 Å². The van der Waals surface area contributed by atoms with Crippen LogP contribution in [0.2, 0.25) is 0 Å². The third-order valence-electron chi connectivity index (χ3n) is 3.52. The molecule has 0 spiro atoms. The summed E-state index contributed by atoms with van der Waals surface area (Å²) in [5, 5.41) is 8.86. The van der Waals surface area contributed by atoms with Gasteiger partial charge in [-0.1, -0.05) is 0 Å².